The number of thioether (sulfide) groups is 1. The summed E-state index contributed by atoms with van der Waals surface area (Å²) in [5.41, 5.74) is 1.53. The van der Waals surface area contributed by atoms with Crippen LogP contribution in [0.3, 0.4) is 0 Å². The van der Waals surface area contributed by atoms with Crippen molar-refractivity contribution in [2.45, 2.75) is 48.3 Å². The molecule has 1 saturated heterocycles. The molecule has 2 saturated carbocycles. The number of carbonyl (C=O) groups is 4. The third kappa shape index (κ3) is 5.76. The number of thiazole rings is 1. The number of aromatic amines is 1. The summed E-state index contributed by atoms with van der Waals surface area (Å²) in [4.78, 5) is 69.8. The van der Waals surface area contributed by atoms with Crippen LogP contribution in [0, 0.1) is 29.6 Å². The highest BCUT2D eigenvalue weighted by atomic mass is 79.9. The van der Waals surface area contributed by atoms with Crippen molar-refractivity contribution in [2.24, 2.45) is 29.6 Å². The minimum atomic E-state index is -0.850. The van der Waals surface area contributed by atoms with E-state index in [0.29, 0.717) is 37.2 Å². The Hall–Kier alpha value is -3.94. The minimum absolute atomic E-state index is 0.0118. The summed E-state index contributed by atoms with van der Waals surface area (Å²) in [5, 5.41) is 14.7. The number of ether oxygens (including phenoxy) is 1. The number of anilines is 1. The summed E-state index contributed by atoms with van der Waals surface area (Å²) < 4.78 is 7.09. The van der Waals surface area contributed by atoms with Crippen molar-refractivity contribution in [1.82, 2.24) is 9.88 Å². The smallest absolute Gasteiger partial charge is 0.305 e. The molecular formula is C37H34BrN3O7S2. The summed E-state index contributed by atoms with van der Waals surface area (Å²) in [5.74, 6) is -2.07. The second kappa shape index (κ2) is 13.3. The van der Waals surface area contributed by atoms with E-state index >= 15 is 0 Å². The normalized spacial score (nSPS) is 26.2. The van der Waals surface area contributed by atoms with E-state index in [4.69, 9.17) is 9.84 Å². The van der Waals surface area contributed by atoms with Gasteiger partial charge in [0.05, 0.1) is 16.9 Å². The van der Waals surface area contributed by atoms with E-state index in [-0.39, 0.29) is 70.5 Å². The molecule has 3 amide bonds. The molecule has 8 rings (SSSR count). The van der Waals surface area contributed by atoms with Crippen molar-refractivity contribution < 1.29 is 29.0 Å². The molecule has 0 radical (unpaired) electrons. The molecule has 2 bridgehead atoms. The lowest BCUT2D eigenvalue weighted by Crippen LogP contribution is -2.42. The van der Waals surface area contributed by atoms with Gasteiger partial charge in [0.1, 0.15) is 5.75 Å². The average molecular weight is 777 g/mol. The Bertz CT molecular complexity index is 2090. The highest BCUT2D eigenvalue weighted by molar-refractivity contribution is 9.10. The van der Waals surface area contributed by atoms with E-state index < -0.39 is 11.9 Å². The lowest BCUT2D eigenvalue weighted by Gasteiger charge is -2.43. The first-order chi connectivity index (χ1) is 24.2. The molecule has 2 aliphatic carbocycles. The van der Waals surface area contributed by atoms with Crippen LogP contribution in [-0.4, -0.2) is 57.1 Å². The van der Waals surface area contributed by atoms with Gasteiger partial charge >= 0.3 is 10.8 Å². The van der Waals surface area contributed by atoms with Crippen molar-refractivity contribution in [3.05, 3.63) is 85.2 Å². The van der Waals surface area contributed by atoms with E-state index in [1.807, 2.05) is 60.7 Å². The van der Waals surface area contributed by atoms with Crippen LogP contribution in [0.4, 0.5) is 5.69 Å². The van der Waals surface area contributed by atoms with Gasteiger partial charge in [-0.2, -0.15) is 0 Å². The molecule has 0 spiro atoms. The molecule has 13 heteroatoms. The fraction of sp³-hybridized carbons (Fsp3) is 0.378. The van der Waals surface area contributed by atoms with Gasteiger partial charge in [0.15, 0.2) is 6.61 Å². The van der Waals surface area contributed by atoms with E-state index in [0.717, 1.165) is 37.1 Å². The quantitative estimate of drug-likeness (QED) is 0.116. The third-order valence-corrected chi connectivity index (χ3v) is 13.9. The Labute approximate surface area is 304 Å². The van der Waals surface area contributed by atoms with Gasteiger partial charge in [0.2, 0.25) is 11.8 Å². The number of fused-ring (bicyclic) bond motifs is 10. The number of imide groups is 1. The number of nitrogens with zero attached hydrogens (tertiary/aromatic N) is 1. The Balaban J connectivity index is 1.06. The minimum Gasteiger partial charge on any atom is -0.483 e. The third-order valence-electron chi connectivity index (χ3n) is 10.8. The zero-order chi connectivity index (χ0) is 34.7. The molecule has 50 heavy (non-hydrogen) atoms. The highest BCUT2D eigenvalue weighted by Crippen LogP contribution is 2.69. The van der Waals surface area contributed by atoms with Gasteiger partial charge in [0, 0.05) is 50.1 Å². The first kappa shape index (κ1) is 33.2. The number of hydrogen-bond acceptors (Lipinski definition) is 8. The van der Waals surface area contributed by atoms with Gasteiger partial charge in [-0.1, -0.05) is 70.1 Å². The molecule has 2 aliphatic heterocycles. The Morgan fingerprint density at radius 3 is 2.58 bits per heavy atom. The second-order valence-electron chi connectivity index (χ2n) is 13.5. The molecule has 10 nitrogen and oxygen atoms in total. The number of carboxylic acids is 1. The topological polar surface area (TPSA) is 146 Å². The summed E-state index contributed by atoms with van der Waals surface area (Å²) in [6.45, 7) is 0.0789. The van der Waals surface area contributed by atoms with Crippen molar-refractivity contribution in [2.75, 3.05) is 18.5 Å². The van der Waals surface area contributed by atoms with Gasteiger partial charge in [-0.25, -0.2) is 0 Å². The van der Waals surface area contributed by atoms with Crippen LogP contribution in [0.2, 0.25) is 0 Å². The number of benzene rings is 3. The largest absolute Gasteiger partial charge is 0.483 e. The standard InChI is InChI=1S/C37H34BrN3O7S2/c38-19-12-13-25(48-17-26(42)39-24-10-6-8-18-7-3-4-9-20(18)24)21(15-19)28-29-22-16-23(32(29)49-34-33(28)50-37(47)40-34)31-30(22)35(45)41(36(31)46)14-5-1-2-11-27(43)44/h3-4,6-10,12-13,15,22-23,28-32H,1-2,5,11,14,16-17H2,(H,39,42)(H,40,47)(H,43,44)/t22?,23?,28-,29?,30?,31?,32?/m1/s1. The summed E-state index contributed by atoms with van der Waals surface area (Å²) >= 11 is 6.43. The molecule has 3 N–H and O–H groups in total. The van der Waals surface area contributed by atoms with Crippen LogP contribution in [0.15, 0.2) is 75.0 Å². The van der Waals surface area contributed by atoms with Crippen LogP contribution < -0.4 is 14.9 Å². The van der Waals surface area contributed by atoms with Crippen LogP contribution in [0.25, 0.3) is 10.8 Å². The Morgan fingerprint density at radius 1 is 0.980 bits per heavy atom. The maximum Gasteiger partial charge on any atom is 0.305 e. The maximum absolute atomic E-state index is 13.9. The number of rotatable bonds is 11. The molecule has 3 fully saturated rings. The molecule has 3 aromatic carbocycles. The average Bonchev–Trinajstić information content (AvgIpc) is 3.83. The molecule has 6 unspecified atom stereocenters. The lowest BCUT2D eigenvalue weighted by molar-refractivity contribution is -0.141. The van der Waals surface area contributed by atoms with Gasteiger partial charge < -0.3 is 20.1 Å². The second-order valence-corrected chi connectivity index (χ2v) is 16.7. The van der Waals surface area contributed by atoms with E-state index in [1.165, 1.54) is 16.2 Å². The number of unbranched alkanes of at least 4 members (excludes halogenated alkanes) is 2. The van der Waals surface area contributed by atoms with Crippen LogP contribution in [0.1, 0.15) is 48.5 Å². The van der Waals surface area contributed by atoms with Crippen molar-refractivity contribution in [3.63, 3.8) is 0 Å². The SMILES string of the molecule is O=C(O)CCCCCN1C(=O)C2C3CC(C2C1=O)C1C3Sc2[nH]c(=O)sc2[C@@H]1c1cc(Br)ccc1OCC(=O)Nc1cccc2ccccc12. The number of carboxylic acid groups (broad SMARTS) is 1. The molecular weight excluding hydrogens is 742 g/mol. The molecule has 4 aromatic rings. The fourth-order valence-electron chi connectivity index (χ4n) is 8.93. The number of carbonyl (C=O) groups excluding carboxylic acids is 3. The van der Waals surface area contributed by atoms with Crippen molar-refractivity contribution in [1.29, 1.82) is 0 Å². The number of hydrogen-bond donors (Lipinski definition) is 3. The number of H-pyrrole nitrogens is 1. The number of aliphatic carboxylic acids is 1. The van der Waals surface area contributed by atoms with Crippen molar-refractivity contribution >= 4 is 79.2 Å². The zero-order valence-corrected chi connectivity index (χ0v) is 30.0. The summed E-state index contributed by atoms with van der Waals surface area (Å²) in [7, 11) is 0. The van der Waals surface area contributed by atoms with Crippen molar-refractivity contribution in [3.8, 4) is 5.75 Å². The molecule has 1 aromatic heterocycles. The van der Waals surface area contributed by atoms with Gasteiger partial charge in [-0.05, 0) is 66.7 Å². The monoisotopic (exact) mass is 775 g/mol. The first-order valence-corrected chi connectivity index (χ1v) is 19.3. The van der Waals surface area contributed by atoms with Gasteiger partial charge in [-0.15, -0.1) is 11.8 Å². The van der Waals surface area contributed by atoms with Crippen LogP contribution in [0.5, 0.6) is 5.75 Å². The number of nitrogens with one attached hydrogen (secondary N) is 2. The zero-order valence-electron chi connectivity index (χ0n) is 26.8. The number of halogens is 1. The fourth-order valence-corrected chi connectivity index (χ4v) is 12.2. The molecule has 7 atom stereocenters. The van der Waals surface area contributed by atoms with Crippen LogP contribution in [-0.2, 0) is 19.2 Å². The summed E-state index contributed by atoms with van der Waals surface area (Å²) in [6.07, 6.45) is 2.55. The summed E-state index contributed by atoms with van der Waals surface area (Å²) in [6, 6.07) is 19.3. The predicted octanol–water partition coefficient (Wildman–Crippen LogP) is 6.49. The highest BCUT2D eigenvalue weighted by Gasteiger charge is 2.69. The Kier molecular flexibility index (Phi) is 8.84. The Morgan fingerprint density at radius 2 is 1.76 bits per heavy atom. The van der Waals surface area contributed by atoms with E-state index in [1.54, 1.807) is 11.8 Å². The number of likely N-dealkylation sites (tertiary alicyclic amines) is 1. The number of aromatic nitrogens is 1. The van der Waals surface area contributed by atoms with Gasteiger partial charge in [-0.3, -0.25) is 28.9 Å². The predicted molar refractivity (Wildman–Crippen MR) is 194 cm³/mol. The van der Waals surface area contributed by atoms with Gasteiger partial charge in [0.25, 0.3) is 5.91 Å². The van der Waals surface area contributed by atoms with E-state index in [9.17, 15) is 24.0 Å². The molecule has 258 valence electrons. The molecule has 3 heterocycles. The van der Waals surface area contributed by atoms with E-state index in [2.05, 4.69) is 26.2 Å². The van der Waals surface area contributed by atoms with Crippen LogP contribution >= 0.6 is 39.0 Å². The number of amides is 3. The first-order valence-electron chi connectivity index (χ1n) is 16.9. The molecule has 4 aliphatic rings. The lowest BCUT2D eigenvalue weighted by atomic mass is 9.68. The maximum atomic E-state index is 13.9.